The second-order valence-corrected chi connectivity index (χ2v) is 12.3. The summed E-state index contributed by atoms with van der Waals surface area (Å²) >= 11 is 6.44. The molecular weight excluding hydrogens is 613 g/mol. The SMILES string of the molecule is C=C1N2CCN(CC3=C(C(=O)OC)[C@H](c4ccc(F)cc4Cl)N=C(c4ncc(F)cc4F)N3)[C@@H](C(=O)OC)[C@@H]2CN1C(C)(C)C. The van der Waals surface area contributed by atoms with Crippen LogP contribution in [-0.4, -0.2) is 95.5 Å². The number of nitrogens with zero attached hydrogens (tertiary/aromatic N) is 5. The van der Waals surface area contributed by atoms with Gasteiger partial charge in [-0.25, -0.2) is 22.9 Å². The van der Waals surface area contributed by atoms with Gasteiger partial charge in [-0.15, -0.1) is 0 Å². The van der Waals surface area contributed by atoms with E-state index in [0.29, 0.717) is 25.7 Å². The number of amidine groups is 1. The summed E-state index contributed by atoms with van der Waals surface area (Å²) in [5.41, 5.74) is -0.113. The number of esters is 2. The maximum absolute atomic E-state index is 15.0. The maximum atomic E-state index is 15.0. The molecule has 4 heterocycles. The fourth-order valence-corrected chi connectivity index (χ4v) is 6.39. The molecule has 0 saturated carbocycles. The minimum absolute atomic E-state index is 0.00970. The van der Waals surface area contributed by atoms with Crippen molar-refractivity contribution in [2.75, 3.05) is 40.4 Å². The molecule has 3 aliphatic heterocycles. The molecule has 240 valence electrons. The zero-order valence-corrected chi connectivity index (χ0v) is 26.3. The lowest BCUT2D eigenvalue weighted by Gasteiger charge is -2.44. The third kappa shape index (κ3) is 6.10. The number of methoxy groups -OCH3 is 2. The lowest BCUT2D eigenvalue weighted by molar-refractivity contribution is -0.151. The van der Waals surface area contributed by atoms with Gasteiger partial charge >= 0.3 is 11.9 Å². The number of benzene rings is 1. The molecule has 2 fully saturated rings. The third-order valence-corrected chi connectivity index (χ3v) is 8.56. The van der Waals surface area contributed by atoms with Crippen LogP contribution in [0.15, 0.2) is 59.1 Å². The Hall–Kier alpha value is -4.10. The quantitative estimate of drug-likeness (QED) is 0.470. The summed E-state index contributed by atoms with van der Waals surface area (Å²) in [6.07, 6.45) is 0.835. The monoisotopic (exact) mass is 646 g/mol. The normalized spacial score (nSPS) is 22.2. The Morgan fingerprint density at radius 1 is 1.11 bits per heavy atom. The van der Waals surface area contributed by atoms with Crippen molar-refractivity contribution in [3.8, 4) is 0 Å². The molecule has 0 bridgehead atoms. The Bertz CT molecular complexity index is 1610. The number of aromatic nitrogens is 1. The number of aliphatic imine (C=N–C) groups is 1. The van der Waals surface area contributed by atoms with Gasteiger partial charge < -0.3 is 24.6 Å². The molecule has 3 atom stereocenters. The van der Waals surface area contributed by atoms with Crippen LogP contribution >= 0.6 is 11.6 Å². The van der Waals surface area contributed by atoms with Crippen molar-refractivity contribution in [1.29, 1.82) is 0 Å². The van der Waals surface area contributed by atoms with Gasteiger partial charge in [0, 0.05) is 54.1 Å². The standard InChI is InChI=1S/C31H34ClF3N6O4/c1-16-40-10-9-39(27(30(43)45-6)23(40)15-41(16)31(2,3)4)14-22-24(29(42)44-5)25(19-8-7-17(33)11-20(19)32)38-28(37-22)26-21(35)12-18(34)13-36-26/h7-8,11-13,23,25,27H,1,9-10,14-15H2,2-6H3,(H,37,38)/t23-,25-,27+/m0/s1. The molecule has 1 N–H and O–H groups in total. The molecule has 2 saturated heterocycles. The van der Waals surface area contributed by atoms with E-state index in [0.717, 1.165) is 24.2 Å². The first kappa shape index (κ1) is 32.3. The Balaban J connectivity index is 1.62. The summed E-state index contributed by atoms with van der Waals surface area (Å²) in [5, 5.41) is 2.97. The fraction of sp³-hybridized carbons (Fsp3) is 0.419. The maximum Gasteiger partial charge on any atom is 0.338 e. The van der Waals surface area contributed by atoms with E-state index in [1.165, 1.54) is 20.3 Å². The van der Waals surface area contributed by atoms with Gasteiger partial charge in [0.1, 0.15) is 29.4 Å². The number of hydrogen-bond donors (Lipinski definition) is 1. The molecule has 0 amide bonds. The molecular formula is C31H34ClF3N6O4. The van der Waals surface area contributed by atoms with Gasteiger partial charge in [0.05, 0.1) is 37.9 Å². The van der Waals surface area contributed by atoms with Crippen molar-refractivity contribution >= 4 is 29.4 Å². The number of piperazine rings is 1. The van der Waals surface area contributed by atoms with Gasteiger partial charge in [0.2, 0.25) is 0 Å². The summed E-state index contributed by atoms with van der Waals surface area (Å²) < 4.78 is 53.3. The number of rotatable bonds is 6. The largest absolute Gasteiger partial charge is 0.468 e. The zero-order chi connectivity index (χ0) is 32.8. The molecule has 5 rings (SSSR count). The van der Waals surface area contributed by atoms with E-state index in [9.17, 15) is 18.4 Å². The molecule has 2 aromatic rings. The number of fused-ring (bicyclic) bond motifs is 1. The molecule has 0 unspecified atom stereocenters. The van der Waals surface area contributed by atoms with Crippen LogP contribution in [0.4, 0.5) is 13.2 Å². The van der Waals surface area contributed by atoms with Crippen LogP contribution in [0, 0.1) is 17.5 Å². The van der Waals surface area contributed by atoms with Gasteiger partial charge in [-0.3, -0.25) is 14.7 Å². The van der Waals surface area contributed by atoms with Crippen LogP contribution in [0.25, 0.3) is 0 Å². The minimum atomic E-state index is -1.19. The van der Waals surface area contributed by atoms with Gasteiger partial charge in [0.15, 0.2) is 11.7 Å². The van der Waals surface area contributed by atoms with E-state index in [-0.39, 0.29) is 51.5 Å². The second-order valence-electron chi connectivity index (χ2n) is 11.9. The molecule has 10 nitrogen and oxygen atoms in total. The van der Waals surface area contributed by atoms with Crippen molar-refractivity contribution in [2.45, 2.75) is 44.4 Å². The molecule has 3 aliphatic rings. The van der Waals surface area contributed by atoms with Crippen molar-refractivity contribution in [1.82, 2.24) is 25.0 Å². The fourth-order valence-electron chi connectivity index (χ4n) is 6.12. The van der Waals surface area contributed by atoms with Crippen molar-refractivity contribution in [3.63, 3.8) is 0 Å². The first-order chi connectivity index (χ1) is 21.2. The lowest BCUT2D eigenvalue weighted by atomic mass is 9.94. The van der Waals surface area contributed by atoms with E-state index >= 15 is 4.39 Å². The second kappa shape index (κ2) is 12.4. The Morgan fingerprint density at radius 2 is 1.84 bits per heavy atom. The van der Waals surface area contributed by atoms with Crippen LogP contribution in [0.1, 0.15) is 38.1 Å². The van der Waals surface area contributed by atoms with Crippen molar-refractivity contribution in [3.05, 3.63) is 87.9 Å². The van der Waals surface area contributed by atoms with E-state index in [1.54, 1.807) is 0 Å². The smallest absolute Gasteiger partial charge is 0.338 e. The first-order valence-corrected chi connectivity index (χ1v) is 14.6. The van der Waals surface area contributed by atoms with E-state index in [1.807, 2.05) is 4.90 Å². The molecule has 45 heavy (non-hydrogen) atoms. The molecule has 0 radical (unpaired) electrons. The zero-order valence-electron chi connectivity index (χ0n) is 25.5. The van der Waals surface area contributed by atoms with Gasteiger partial charge in [-0.05, 0) is 32.9 Å². The highest BCUT2D eigenvalue weighted by Gasteiger charge is 2.50. The summed E-state index contributed by atoms with van der Waals surface area (Å²) in [7, 11) is 2.50. The highest BCUT2D eigenvalue weighted by Crippen LogP contribution is 2.39. The van der Waals surface area contributed by atoms with Crippen LogP contribution in [-0.2, 0) is 19.1 Å². The Morgan fingerprint density at radius 3 is 2.47 bits per heavy atom. The minimum Gasteiger partial charge on any atom is -0.468 e. The number of nitrogens with one attached hydrogen (secondary N) is 1. The number of carbonyl (C=O) groups excluding carboxylic acids is 2. The number of hydrogen-bond acceptors (Lipinski definition) is 10. The van der Waals surface area contributed by atoms with E-state index < -0.39 is 41.5 Å². The summed E-state index contributed by atoms with van der Waals surface area (Å²) in [4.78, 5) is 41.3. The highest BCUT2D eigenvalue weighted by molar-refractivity contribution is 6.31. The summed E-state index contributed by atoms with van der Waals surface area (Å²) in [6.45, 7) is 11.8. The first-order valence-electron chi connectivity index (χ1n) is 14.2. The number of ether oxygens (including phenoxy) is 2. The van der Waals surface area contributed by atoms with Gasteiger partial charge in [0.25, 0.3) is 0 Å². The van der Waals surface area contributed by atoms with Gasteiger partial charge in [-0.1, -0.05) is 24.2 Å². The Labute approximate surface area is 264 Å². The molecule has 0 spiro atoms. The average Bonchev–Trinajstić information content (AvgIpc) is 3.32. The van der Waals surface area contributed by atoms with E-state index in [2.05, 4.69) is 52.4 Å². The van der Waals surface area contributed by atoms with Crippen LogP contribution < -0.4 is 5.32 Å². The van der Waals surface area contributed by atoms with Crippen molar-refractivity contribution in [2.24, 2.45) is 4.99 Å². The summed E-state index contributed by atoms with van der Waals surface area (Å²) in [5.74, 6) is -3.09. The number of carbonyl (C=O) groups is 2. The van der Waals surface area contributed by atoms with Crippen LogP contribution in [0.5, 0.6) is 0 Å². The van der Waals surface area contributed by atoms with Crippen LogP contribution in [0.2, 0.25) is 5.02 Å². The number of halogens is 4. The lowest BCUT2D eigenvalue weighted by Crippen LogP contribution is -2.62. The molecule has 1 aromatic heterocycles. The topological polar surface area (TPSA) is 99.6 Å². The van der Waals surface area contributed by atoms with E-state index in [4.69, 9.17) is 21.1 Å². The summed E-state index contributed by atoms with van der Waals surface area (Å²) in [6, 6.07) is 1.96. The van der Waals surface area contributed by atoms with Crippen molar-refractivity contribution < 1.29 is 32.2 Å². The molecule has 1 aromatic carbocycles. The molecule has 0 aliphatic carbocycles. The highest BCUT2D eigenvalue weighted by atomic mass is 35.5. The average molecular weight is 647 g/mol. The van der Waals surface area contributed by atoms with Gasteiger partial charge in [-0.2, -0.15) is 0 Å². The molecule has 14 heteroatoms. The van der Waals surface area contributed by atoms with Crippen LogP contribution in [0.3, 0.4) is 0 Å². The Kier molecular flexibility index (Phi) is 8.87. The number of pyridine rings is 1. The predicted octanol–water partition coefficient (Wildman–Crippen LogP) is 3.78. The predicted molar refractivity (Wildman–Crippen MR) is 160 cm³/mol. The third-order valence-electron chi connectivity index (χ3n) is 8.23.